The predicted molar refractivity (Wildman–Crippen MR) is 213 cm³/mol. The second-order valence-corrected chi connectivity index (χ2v) is 13.4. The van der Waals surface area contributed by atoms with E-state index in [0.717, 1.165) is 29.5 Å². The van der Waals surface area contributed by atoms with Gasteiger partial charge >= 0.3 is 0 Å². The van der Waals surface area contributed by atoms with Crippen molar-refractivity contribution in [2.45, 2.75) is 32.1 Å². The molecule has 0 amide bonds. The summed E-state index contributed by atoms with van der Waals surface area (Å²) in [5, 5.41) is 0. The van der Waals surface area contributed by atoms with E-state index in [1.165, 1.54) is 44.5 Å². The largest absolute Gasteiger partial charge is 0.253 e. The van der Waals surface area contributed by atoms with E-state index in [0.29, 0.717) is 28.9 Å². The molecule has 0 bridgehead atoms. The Bertz CT molecular complexity index is 2470. The summed E-state index contributed by atoms with van der Waals surface area (Å²) in [6, 6.07) is 54.1. The van der Waals surface area contributed by atoms with Gasteiger partial charge in [0.25, 0.3) is 0 Å². The van der Waals surface area contributed by atoms with Crippen molar-refractivity contribution in [3.05, 3.63) is 197 Å². The van der Waals surface area contributed by atoms with Gasteiger partial charge in [-0.1, -0.05) is 135 Å². The molecule has 0 atom stereocenters. The summed E-state index contributed by atoms with van der Waals surface area (Å²) >= 11 is 0. The average molecular weight is 684 g/mol. The molecule has 0 fully saturated rings. The fourth-order valence-electron chi connectivity index (χ4n) is 8.11. The maximum Gasteiger partial charge on any atom is 0.182 e. The summed E-state index contributed by atoms with van der Waals surface area (Å²) in [5.41, 5.74) is 14.7. The number of hydrogen-bond donors (Lipinski definition) is 0. The zero-order valence-electron chi connectivity index (χ0n) is 29.7. The summed E-state index contributed by atoms with van der Waals surface area (Å²) < 4.78 is 0. The van der Waals surface area contributed by atoms with Gasteiger partial charge in [-0.25, -0.2) is 15.0 Å². The maximum atomic E-state index is 4.88. The van der Waals surface area contributed by atoms with Crippen LogP contribution in [0.4, 0.5) is 0 Å². The number of aryl methyl sites for hydroxylation is 2. The molecule has 1 aliphatic carbocycles. The summed E-state index contributed by atoms with van der Waals surface area (Å²) in [6.07, 6.45) is 5.40. The zero-order valence-corrected chi connectivity index (χ0v) is 29.7. The molecule has 5 nitrogen and oxygen atoms in total. The summed E-state index contributed by atoms with van der Waals surface area (Å²) in [4.78, 5) is 23.6. The van der Waals surface area contributed by atoms with E-state index < -0.39 is 5.41 Å². The van der Waals surface area contributed by atoms with Crippen molar-refractivity contribution in [3.63, 3.8) is 0 Å². The lowest BCUT2D eigenvalue weighted by atomic mass is 9.64. The van der Waals surface area contributed by atoms with E-state index in [2.05, 4.69) is 139 Å². The minimum Gasteiger partial charge on any atom is -0.253 e. The molecule has 1 aliphatic rings. The summed E-state index contributed by atoms with van der Waals surface area (Å²) in [7, 11) is 0. The Morgan fingerprint density at radius 3 is 1.43 bits per heavy atom. The highest BCUT2D eigenvalue weighted by Crippen LogP contribution is 2.58. The first-order valence-electron chi connectivity index (χ1n) is 18.3. The molecule has 0 aliphatic heterocycles. The van der Waals surface area contributed by atoms with Crippen LogP contribution in [-0.2, 0) is 18.3 Å². The van der Waals surface area contributed by atoms with Gasteiger partial charge in [0.1, 0.15) is 11.4 Å². The molecule has 0 radical (unpaired) electrons. The summed E-state index contributed by atoms with van der Waals surface area (Å²) in [5.74, 6) is 1.59. The molecular formula is C48H37N5. The molecule has 0 saturated carbocycles. The second-order valence-electron chi connectivity index (χ2n) is 13.4. The van der Waals surface area contributed by atoms with Crippen LogP contribution in [0.5, 0.6) is 0 Å². The minimum absolute atomic E-state index is 0.463. The molecule has 0 saturated heterocycles. The first-order chi connectivity index (χ1) is 26.2. The first-order valence-corrected chi connectivity index (χ1v) is 18.3. The fourth-order valence-corrected chi connectivity index (χ4v) is 8.11. The van der Waals surface area contributed by atoms with E-state index in [9.17, 15) is 0 Å². The average Bonchev–Trinajstić information content (AvgIpc) is 3.54. The number of nitrogens with zero attached hydrogens (tertiary/aromatic N) is 5. The van der Waals surface area contributed by atoms with Crippen LogP contribution in [0.25, 0.3) is 56.7 Å². The van der Waals surface area contributed by atoms with E-state index in [1.807, 2.05) is 36.4 Å². The third kappa shape index (κ3) is 5.44. The quantitative estimate of drug-likeness (QED) is 0.159. The van der Waals surface area contributed by atoms with Gasteiger partial charge in [-0.3, -0.25) is 9.97 Å². The van der Waals surface area contributed by atoms with Gasteiger partial charge in [0.2, 0.25) is 0 Å². The van der Waals surface area contributed by atoms with Crippen molar-refractivity contribution in [1.29, 1.82) is 0 Å². The molecule has 8 aromatic rings. The van der Waals surface area contributed by atoms with Crippen LogP contribution in [0.2, 0.25) is 0 Å². The van der Waals surface area contributed by atoms with Gasteiger partial charge < -0.3 is 0 Å². The first kappa shape index (κ1) is 32.3. The number of aromatic nitrogens is 5. The standard InChI is InChI=1S/C48H37N5/c1-3-32-15-5-8-18-39(32)48(40-19-9-6-16-33(40)4-2)41-20-10-7-17-37(41)38-28-27-36(31-42(38)48)34-23-25-35(26-24-34)45-51-46(43-21-11-13-29-49-43)53-47(52-45)44-22-12-14-30-50-44/h5-31H,3-4H2,1-2H3. The van der Waals surface area contributed by atoms with Crippen LogP contribution in [-0.4, -0.2) is 24.9 Å². The molecular weight excluding hydrogens is 647 g/mol. The molecule has 5 aromatic carbocycles. The Kier molecular flexibility index (Phi) is 8.24. The molecule has 0 spiro atoms. The molecule has 0 N–H and O–H groups in total. The molecule has 5 heteroatoms. The molecule has 9 rings (SSSR count). The van der Waals surface area contributed by atoms with E-state index in [4.69, 9.17) is 15.0 Å². The number of rotatable bonds is 8. The normalized spacial score (nSPS) is 12.6. The zero-order chi connectivity index (χ0) is 35.8. The number of pyridine rings is 2. The Hall–Kier alpha value is -6.59. The lowest BCUT2D eigenvalue weighted by molar-refractivity contribution is 0.741. The second kappa shape index (κ2) is 13.5. The Morgan fingerprint density at radius 1 is 0.396 bits per heavy atom. The van der Waals surface area contributed by atoms with Crippen molar-refractivity contribution in [2.75, 3.05) is 0 Å². The monoisotopic (exact) mass is 683 g/mol. The molecule has 3 heterocycles. The van der Waals surface area contributed by atoms with Crippen molar-refractivity contribution >= 4 is 0 Å². The van der Waals surface area contributed by atoms with Gasteiger partial charge in [0.05, 0.1) is 5.41 Å². The van der Waals surface area contributed by atoms with Crippen LogP contribution in [0, 0.1) is 0 Å². The van der Waals surface area contributed by atoms with Crippen molar-refractivity contribution in [2.24, 2.45) is 0 Å². The number of benzene rings is 5. The highest BCUT2D eigenvalue weighted by Gasteiger charge is 2.47. The van der Waals surface area contributed by atoms with Gasteiger partial charge in [0.15, 0.2) is 17.5 Å². The Balaban J connectivity index is 1.20. The topological polar surface area (TPSA) is 64.5 Å². The maximum absolute atomic E-state index is 4.88. The highest BCUT2D eigenvalue weighted by molar-refractivity contribution is 5.89. The minimum atomic E-state index is -0.463. The van der Waals surface area contributed by atoms with Crippen molar-refractivity contribution < 1.29 is 0 Å². The van der Waals surface area contributed by atoms with Gasteiger partial charge in [0, 0.05) is 18.0 Å². The van der Waals surface area contributed by atoms with Crippen LogP contribution in [0.1, 0.15) is 47.2 Å². The Labute approximate surface area is 310 Å². The lowest BCUT2D eigenvalue weighted by Gasteiger charge is -2.37. The number of hydrogen-bond acceptors (Lipinski definition) is 5. The highest BCUT2D eigenvalue weighted by atomic mass is 15.1. The van der Waals surface area contributed by atoms with E-state index >= 15 is 0 Å². The number of fused-ring (bicyclic) bond motifs is 3. The van der Waals surface area contributed by atoms with Gasteiger partial charge in [-0.15, -0.1) is 0 Å². The van der Waals surface area contributed by atoms with Crippen LogP contribution < -0.4 is 0 Å². The molecule has 254 valence electrons. The molecule has 53 heavy (non-hydrogen) atoms. The fraction of sp³-hybridized carbons (Fsp3) is 0.104. The van der Waals surface area contributed by atoms with Crippen molar-refractivity contribution in [1.82, 2.24) is 24.9 Å². The van der Waals surface area contributed by atoms with E-state index in [-0.39, 0.29) is 0 Å². The lowest BCUT2D eigenvalue weighted by Crippen LogP contribution is -2.31. The molecule has 3 aromatic heterocycles. The predicted octanol–water partition coefficient (Wildman–Crippen LogP) is 10.8. The molecule has 0 unspecified atom stereocenters. The SMILES string of the molecule is CCc1ccccc1C1(c2ccccc2CC)c2ccccc2-c2ccc(-c3ccc(-c4nc(-c5ccccn5)nc(-c5ccccn5)n4)cc3)cc21. The smallest absolute Gasteiger partial charge is 0.182 e. The Morgan fingerprint density at radius 2 is 0.868 bits per heavy atom. The van der Waals surface area contributed by atoms with E-state index in [1.54, 1.807) is 12.4 Å². The van der Waals surface area contributed by atoms with Crippen LogP contribution in [0.3, 0.4) is 0 Å². The van der Waals surface area contributed by atoms with Crippen molar-refractivity contribution in [3.8, 4) is 56.7 Å². The third-order valence-electron chi connectivity index (χ3n) is 10.5. The third-order valence-corrected chi connectivity index (χ3v) is 10.5. The van der Waals surface area contributed by atoms with Gasteiger partial charge in [-0.05, 0) is 98.8 Å². The van der Waals surface area contributed by atoms with Crippen LogP contribution >= 0.6 is 0 Å². The van der Waals surface area contributed by atoms with Crippen LogP contribution in [0.15, 0.2) is 164 Å². The van der Waals surface area contributed by atoms with Gasteiger partial charge in [-0.2, -0.15) is 0 Å². The summed E-state index contributed by atoms with van der Waals surface area (Å²) in [6.45, 7) is 4.53.